The van der Waals surface area contributed by atoms with E-state index in [1.165, 1.54) is 0 Å². The Labute approximate surface area is 46.2 Å². The largest absolute Gasteiger partial charge is 0.478 e. The Morgan fingerprint density at radius 2 is 2.00 bits per heavy atom. The van der Waals surface area contributed by atoms with Gasteiger partial charge < -0.3 is 15.7 Å². The Morgan fingerprint density at radius 1 is 1.50 bits per heavy atom. The summed E-state index contributed by atoms with van der Waals surface area (Å²) in [4.78, 5) is 10.0. The van der Waals surface area contributed by atoms with Crippen molar-refractivity contribution in [2.75, 3.05) is 0 Å². The highest BCUT2D eigenvalue weighted by Gasteiger charge is 2.14. The quantitative estimate of drug-likeness (QED) is 0.412. The fourth-order valence-electron chi connectivity index (χ4n) is 0.479. The number of aliphatic carboxylic acids is 1. The Morgan fingerprint density at radius 3 is 2.25 bits per heavy atom. The minimum absolute atomic E-state index is 0.630. The second kappa shape index (κ2) is 1.73. The lowest BCUT2D eigenvalue weighted by Crippen LogP contribution is -2.38. The smallest absolute Gasteiger partial charge is 0.347 e. The minimum atomic E-state index is -0.894. The van der Waals surface area contributed by atoms with E-state index < -0.39 is 12.1 Å². The predicted octanol–water partition coefficient (Wildman–Crippen LogP) is -0.939. The van der Waals surface area contributed by atoms with Crippen molar-refractivity contribution in [1.29, 1.82) is 0 Å². The highest BCUT2D eigenvalue weighted by atomic mass is 16.4. The second-order valence-corrected chi connectivity index (χ2v) is 1.44. The van der Waals surface area contributed by atoms with Crippen LogP contribution < -0.4 is 10.6 Å². The maximum absolute atomic E-state index is 10.0. The van der Waals surface area contributed by atoms with E-state index in [9.17, 15) is 4.79 Å². The van der Waals surface area contributed by atoms with Crippen molar-refractivity contribution < 1.29 is 9.90 Å². The molecule has 0 spiro atoms. The third-order valence-corrected chi connectivity index (χ3v) is 0.856. The van der Waals surface area contributed by atoms with Gasteiger partial charge in [0, 0.05) is 12.4 Å². The molecule has 0 atom stereocenters. The van der Waals surface area contributed by atoms with E-state index in [2.05, 4.69) is 10.6 Å². The van der Waals surface area contributed by atoms with Gasteiger partial charge in [-0.2, -0.15) is 0 Å². The standard InChI is InChI=1S/C4H6N2O2/c7-4(8)3-5-1-2-6-3/h1-3,5-6H,(H,7,8). The molecule has 1 aliphatic rings. The molecular weight excluding hydrogens is 108 g/mol. The minimum Gasteiger partial charge on any atom is -0.478 e. The Hall–Kier alpha value is -1.19. The number of carboxylic acid groups (broad SMARTS) is 1. The molecule has 0 unspecified atom stereocenters. The zero-order chi connectivity index (χ0) is 5.98. The summed E-state index contributed by atoms with van der Waals surface area (Å²) in [6, 6.07) is 0. The highest BCUT2D eigenvalue weighted by Crippen LogP contribution is 1.84. The molecule has 0 saturated carbocycles. The molecule has 0 aromatic carbocycles. The van der Waals surface area contributed by atoms with Crippen molar-refractivity contribution in [3.63, 3.8) is 0 Å². The number of carbonyl (C=O) groups is 1. The van der Waals surface area contributed by atoms with Crippen LogP contribution in [-0.4, -0.2) is 17.2 Å². The summed E-state index contributed by atoms with van der Waals surface area (Å²) in [5, 5.41) is 13.4. The topological polar surface area (TPSA) is 61.4 Å². The van der Waals surface area contributed by atoms with Crippen molar-refractivity contribution in [2.45, 2.75) is 6.17 Å². The van der Waals surface area contributed by atoms with Crippen LogP contribution in [0.5, 0.6) is 0 Å². The molecule has 3 N–H and O–H groups in total. The number of rotatable bonds is 1. The van der Waals surface area contributed by atoms with E-state index in [0.29, 0.717) is 0 Å². The summed E-state index contributed by atoms with van der Waals surface area (Å²) in [5.74, 6) is -0.894. The van der Waals surface area contributed by atoms with E-state index >= 15 is 0 Å². The zero-order valence-corrected chi connectivity index (χ0v) is 4.09. The maximum atomic E-state index is 10.0. The van der Waals surface area contributed by atoms with Gasteiger partial charge in [0.15, 0.2) is 6.17 Å². The van der Waals surface area contributed by atoms with E-state index in [4.69, 9.17) is 5.11 Å². The van der Waals surface area contributed by atoms with Crippen LogP contribution in [0.3, 0.4) is 0 Å². The van der Waals surface area contributed by atoms with Gasteiger partial charge in [0.2, 0.25) is 0 Å². The monoisotopic (exact) mass is 114 g/mol. The van der Waals surface area contributed by atoms with Gasteiger partial charge in [-0.15, -0.1) is 0 Å². The van der Waals surface area contributed by atoms with Crippen molar-refractivity contribution in [1.82, 2.24) is 10.6 Å². The molecule has 0 fully saturated rings. The van der Waals surface area contributed by atoms with Gasteiger partial charge in [0.05, 0.1) is 0 Å². The summed E-state index contributed by atoms with van der Waals surface area (Å²) in [7, 11) is 0. The first-order valence-electron chi connectivity index (χ1n) is 2.20. The number of nitrogens with one attached hydrogen (secondary N) is 2. The third-order valence-electron chi connectivity index (χ3n) is 0.856. The normalized spacial score (nSPS) is 17.5. The fraction of sp³-hybridized carbons (Fsp3) is 0.250. The zero-order valence-electron chi connectivity index (χ0n) is 4.09. The fourth-order valence-corrected chi connectivity index (χ4v) is 0.479. The first-order valence-corrected chi connectivity index (χ1v) is 2.20. The summed E-state index contributed by atoms with van der Waals surface area (Å²) in [6.45, 7) is 0. The summed E-state index contributed by atoms with van der Waals surface area (Å²) in [5.41, 5.74) is 0. The van der Waals surface area contributed by atoms with Gasteiger partial charge in [0.1, 0.15) is 0 Å². The summed E-state index contributed by atoms with van der Waals surface area (Å²) < 4.78 is 0. The molecule has 0 saturated heterocycles. The molecule has 4 nitrogen and oxygen atoms in total. The molecular formula is C4H6N2O2. The van der Waals surface area contributed by atoms with Crippen LogP contribution in [0.1, 0.15) is 0 Å². The molecule has 0 radical (unpaired) electrons. The SMILES string of the molecule is O=C(O)C1NC=CN1. The van der Waals surface area contributed by atoms with Gasteiger partial charge in [-0.25, -0.2) is 4.79 Å². The van der Waals surface area contributed by atoms with E-state index in [0.717, 1.165) is 0 Å². The highest BCUT2D eigenvalue weighted by molar-refractivity contribution is 5.73. The predicted molar refractivity (Wildman–Crippen MR) is 26.8 cm³/mol. The first-order chi connectivity index (χ1) is 3.80. The second-order valence-electron chi connectivity index (χ2n) is 1.44. The molecule has 0 aromatic rings. The number of hydrogen-bond donors (Lipinski definition) is 3. The van der Waals surface area contributed by atoms with Crippen LogP contribution in [0.2, 0.25) is 0 Å². The molecule has 0 aliphatic carbocycles. The van der Waals surface area contributed by atoms with Crippen LogP contribution in [-0.2, 0) is 4.79 Å². The maximum Gasteiger partial charge on any atom is 0.347 e. The van der Waals surface area contributed by atoms with Crippen LogP contribution in [0.15, 0.2) is 12.4 Å². The van der Waals surface area contributed by atoms with Gasteiger partial charge in [-0.1, -0.05) is 0 Å². The first kappa shape index (κ1) is 4.96. The van der Waals surface area contributed by atoms with Crippen LogP contribution in [0.4, 0.5) is 0 Å². The van der Waals surface area contributed by atoms with Crippen LogP contribution in [0.25, 0.3) is 0 Å². The Balaban J connectivity index is 2.41. The average molecular weight is 114 g/mol. The Bertz CT molecular complexity index is 124. The summed E-state index contributed by atoms with van der Waals surface area (Å²) in [6.07, 6.45) is 2.48. The van der Waals surface area contributed by atoms with E-state index in [-0.39, 0.29) is 0 Å². The van der Waals surface area contributed by atoms with Crippen LogP contribution in [0, 0.1) is 0 Å². The molecule has 1 aliphatic heterocycles. The van der Waals surface area contributed by atoms with Gasteiger partial charge in [0.25, 0.3) is 0 Å². The van der Waals surface area contributed by atoms with Crippen molar-refractivity contribution in [3.05, 3.63) is 12.4 Å². The lowest BCUT2D eigenvalue weighted by molar-refractivity contribution is -0.139. The number of carboxylic acids is 1. The van der Waals surface area contributed by atoms with E-state index in [1.54, 1.807) is 12.4 Å². The average Bonchev–Trinajstić information content (AvgIpc) is 2.12. The lowest BCUT2D eigenvalue weighted by Gasteiger charge is -2.03. The van der Waals surface area contributed by atoms with Gasteiger partial charge in [-0.3, -0.25) is 0 Å². The molecule has 0 amide bonds. The molecule has 44 valence electrons. The van der Waals surface area contributed by atoms with Crippen LogP contribution >= 0.6 is 0 Å². The van der Waals surface area contributed by atoms with Crippen molar-refractivity contribution >= 4 is 5.97 Å². The summed E-state index contributed by atoms with van der Waals surface area (Å²) >= 11 is 0. The number of hydrogen-bond acceptors (Lipinski definition) is 3. The third kappa shape index (κ3) is 0.726. The lowest BCUT2D eigenvalue weighted by atomic mass is 10.5. The molecule has 0 aromatic heterocycles. The van der Waals surface area contributed by atoms with Crippen molar-refractivity contribution in [3.8, 4) is 0 Å². The molecule has 4 heteroatoms. The van der Waals surface area contributed by atoms with Gasteiger partial charge >= 0.3 is 5.97 Å². The van der Waals surface area contributed by atoms with Gasteiger partial charge in [-0.05, 0) is 0 Å². The molecule has 8 heavy (non-hydrogen) atoms. The Kier molecular flexibility index (Phi) is 1.07. The molecule has 0 bridgehead atoms. The molecule has 1 rings (SSSR count). The van der Waals surface area contributed by atoms with E-state index in [1.807, 2.05) is 0 Å². The van der Waals surface area contributed by atoms with Crippen molar-refractivity contribution in [2.24, 2.45) is 0 Å². The molecule has 1 heterocycles.